The quantitative estimate of drug-likeness (QED) is 0.667. The first-order valence-electron chi connectivity index (χ1n) is 10.4. The molecule has 0 saturated carbocycles. The Hall–Kier alpha value is -3.15. The van der Waals surface area contributed by atoms with Gasteiger partial charge in [0.25, 0.3) is 5.91 Å². The van der Waals surface area contributed by atoms with Crippen molar-refractivity contribution in [2.24, 2.45) is 0 Å². The number of nitrogens with one attached hydrogen (secondary N) is 1. The second-order valence-corrected chi connectivity index (χ2v) is 7.64. The van der Waals surface area contributed by atoms with Gasteiger partial charge in [0.1, 0.15) is 0 Å². The van der Waals surface area contributed by atoms with Crippen molar-refractivity contribution in [2.75, 3.05) is 18.5 Å². The fraction of sp³-hybridized carbons (Fsp3) is 0.375. The molecule has 1 aliphatic heterocycles. The molecule has 1 saturated heterocycles. The highest BCUT2D eigenvalue weighted by molar-refractivity contribution is 5.96. The molecule has 6 heteroatoms. The molecule has 0 spiro atoms. The molecule has 1 atom stereocenters. The lowest BCUT2D eigenvalue weighted by Crippen LogP contribution is -2.24. The molecule has 3 rings (SSSR count). The number of hydrogen-bond donors (Lipinski definition) is 1. The van der Waals surface area contributed by atoms with E-state index in [-0.39, 0.29) is 18.4 Å². The topological polar surface area (TPSA) is 75.7 Å². The highest BCUT2D eigenvalue weighted by Crippen LogP contribution is 2.26. The van der Waals surface area contributed by atoms with Crippen molar-refractivity contribution in [1.82, 2.24) is 4.90 Å². The van der Waals surface area contributed by atoms with E-state index >= 15 is 0 Å². The summed E-state index contributed by atoms with van der Waals surface area (Å²) in [6.45, 7) is 5.18. The van der Waals surface area contributed by atoms with E-state index in [1.165, 1.54) is 0 Å². The second kappa shape index (κ2) is 10.1. The summed E-state index contributed by atoms with van der Waals surface area (Å²) >= 11 is 0. The first-order chi connectivity index (χ1) is 14.5. The van der Waals surface area contributed by atoms with Gasteiger partial charge in [-0.3, -0.25) is 9.59 Å². The van der Waals surface area contributed by atoms with E-state index in [2.05, 4.69) is 19.2 Å². The number of likely N-dealkylation sites (tertiary alicyclic amines) is 1. The predicted octanol–water partition coefficient (Wildman–Crippen LogP) is 4.12. The predicted molar refractivity (Wildman–Crippen MR) is 115 cm³/mol. The van der Waals surface area contributed by atoms with Crippen LogP contribution in [0, 0.1) is 0 Å². The maximum absolute atomic E-state index is 12.3. The molecule has 1 N–H and O–H groups in total. The van der Waals surface area contributed by atoms with Crippen molar-refractivity contribution in [1.29, 1.82) is 0 Å². The van der Waals surface area contributed by atoms with Crippen LogP contribution in [0.3, 0.4) is 0 Å². The van der Waals surface area contributed by atoms with E-state index in [4.69, 9.17) is 4.74 Å². The number of nitrogens with zero attached hydrogens (tertiary/aromatic N) is 1. The van der Waals surface area contributed by atoms with Gasteiger partial charge in [-0.25, -0.2) is 4.79 Å². The maximum Gasteiger partial charge on any atom is 0.338 e. The zero-order chi connectivity index (χ0) is 21.5. The molecule has 0 aromatic heterocycles. The minimum atomic E-state index is -0.552. The van der Waals surface area contributed by atoms with Gasteiger partial charge in [0.15, 0.2) is 6.61 Å². The summed E-state index contributed by atoms with van der Waals surface area (Å²) in [5.74, 6) is -0.440. The third-order valence-corrected chi connectivity index (χ3v) is 5.45. The molecular weight excluding hydrogens is 380 g/mol. The van der Waals surface area contributed by atoms with Crippen molar-refractivity contribution in [3.63, 3.8) is 0 Å². The largest absolute Gasteiger partial charge is 0.452 e. The van der Waals surface area contributed by atoms with Gasteiger partial charge in [0, 0.05) is 25.2 Å². The molecule has 2 amide bonds. The highest BCUT2D eigenvalue weighted by atomic mass is 16.5. The first kappa shape index (κ1) is 21.6. The summed E-state index contributed by atoms with van der Waals surface area (Å²) in [6, 6.07) is 14.6. The molecule has 1 heterocycles. The summed E-state index contributed by atoms with van der Waals surface area (Å²) in [4.78, 5) is 38.1. The summed E-state index contributed by atoms with van der Waals surface area (Å²) in [5, 5.41) is 2.83. The fourth-order valence-corrected chi connectivity index (χ4v) is 3.50. The van der Waals surface area contributed by atoms with Crippen LogP contribution in [0.5, 0.6) is 0 Å². The standard InChI is InChI=1S/C24H28N2O4/c1-3-17(2)20-7-4-5-8-21(20)25-22(27)16-30-24(29)19-12-10-18(11-13-19)15-26-14-6-9-23(26)28/h4-5,7-8,10-13,17H,3,6,9,14-16H2,1-2H3,(H,25,27)/t17-/m0/s1. The van der Waals surface area contributed by atoms with Crippen LogP contribution in [0.1, 0.15) is 60.5 Å². The van der Waals surface area contributed by atoms with Gasteiger partial charge in [-0.15, -0.1) is 0 Å². The molecule has 0 aliphatic carbocycles. The number of carbonyl (C=O) groups is 3. The molecule has 2 aromatic carbocycles. The van der Waals surface area contributed by atoms with Crippen LogP contribution in [0.4, 0.5) is 5.69 Å². The Morgan fingerprint density at radius 3 is 2.53 bits per heavy atom. The molecule has 6 nitrogen and oxygen atoms in total. The van der Waals surface area contributed by atoms with Crippen LogP contribution >= 0.6 is 0 Å². The molecule has 0 radical (unpaired) electrons. The molecule has 30 heavy (non-hydrogen) atoms. The van der Waals surface area contributed by atoms with Gasteiger partial charge >= 0.3 is 5.97 Å². The fourth-order valence-electron chi connectivity index (χ4n) is 3.50. The van der Waals surface area contributed by atoms with Crippen LogP contribution in [-0.4, -0.2) is 35.8 Å². The summed E-state index contributed by atoms with van der Waals surface area (Å²) < 4.78 is 5.16. The number of para-hydroxylation sites is 1. The Labute approximate surface area is 177 Å². The van der Waals surface area contributed by atoms with Gasteiger partial charge in [-0.1, -0.05) is 44.2 Å². The number of esters is 1. The summed E-state index contributed by atoms with van der Waals surface area (Å²) in [7, 11) is 0. The van der Waals surface area contributed by atoms with Crippen molar-refractivity contribution < 1.29 is 19.1 Å². The highest BCUT2D eigenvalue weighted by Gasteiger charge is 2.20. The molecule has 1 aliphatic rings. The number of hydrogen-bond acceptors (Lipinski definition) is 4. The van der Waals surface area contributed by atoms with Gasteiger partial charge < -0.3 is 15.0 Å². The summed E-state index contributed by atoms with van der Waals surface area (Å²) in [6.07, 6.45) is 2.46. The zero-order valence-electron chi connectivity index (χ0n) is 17.5. The number of amides is 2. The van der Waals surface area contributed by atoms with Gasteiger partial charge in [-0.05, 0) is 48.1 Å². The lowest BCUT2D eigenvalue weighted by Gasteiger charge is -2.16. The zero-order valence-corrected chi connectivity index (χ0v) is 17.5. The molecule has 158 valence electrons. The Balaban J connectivity index is 1.52. The molecule has 0 unspecified atom stereocenters. The van der Waals surface area contributed by atoms with E-state index in [0.29, 0.717) is 24.4 Å². The van der Waals surface area contributed by atoms with Crippen molar-refractivity contribution in [3.05, 3.63) is 65.2 Å². The Morgan fingerprint density at radius 1 is 1.13 bits per heavy atom. The minimum absolute atomic E-state index is 0.166. The summed E-state index contributed by atoms with van der Waals surface area (Å²) in [5.41, 5.74) is 3.14. The monoisotopic (exact) mass is 408 g/mol. The van der Waals surface area contributed by atoms with Gasteiger partial charge in [0.05, 0.1) is 5.56 Å². The number of anilines is 1. The van der Waals surface area contributed by atoms with Crippen molar-refractivity contribution >= 4 is 23.5 Å². The van der Waals surface area contributed by atoms with Crippen LogP contribution in [-0.2, 0) is 20.9 Å². The minimum Gasteiger partial charge on any atom is -0.452 e. The number of rotatable bonds is 8. The van der Waals surface area contributed by atoms with Crippen LogP contribution in [0.2, 0.25) is 0 Å². The Morgan fingerprint density at radius 2 is 1.87 bits per heavy atom. The van der Waals surface area contributed by atoms with E-state index in [9.17, 15) is 14.4 Å². The van der Waals surface area contributed by atoms with Crippen LogP contribution in [0.25, 0.3) is 0 Å². The smallest absolute Gasteiger partial charge is 0.338 e. The third kappa shape index (κ3) is 5.47. The number of carbonyl (C=O) groups excluding carboxylic acids is 3. The first-order valence-corrected chi connectivity index (χ1v) is 10.4. The van der Waals surface area contributed by atoms with Gasteiger partial charge in [0.2, 0.25) is 5.91 Å². The van der Waals surface area contributed by atoms with E-state index < -0.39 is 5.97 Å². The van der Waals surface area contributed by atoms with Crippen LogP contribution < -0.4 is 5.32 Å². The lowest BCUT2D eigenvalue weighted by molar-refractivity contribution is -0.128. The average molecular weight is 408 g/mol. The Bertz CT molecular complexity index is 908. The van der Waals surface area contributed by atoms with E-state index in [0.717, 1.165) is 36.2 Å². The van der Waals surface area contributed by atoms with E-state index in [1.54, 1.807) is 12.1 Å². The SMILES string of the molecule is CC[C@H](C)c1ccccc1NC(=O)COC(=O)c1ccc(CN2CCCC2=O)cc1. The second-order valence-electron chi connectivity index (χ2n) is 7.64. The third-order valence-electron chi connectivity index (χ3n) is 5.45. The number of ether oxygens (including phenoxy) is 1. The van der Waals surface area contributed by atoms with Crippen molar-refractivity contribution in [2.45, 2.75) is 45.6 Å². The molecule has 2 aromatic rings. The van der Waals surface area contributed by atoms with E-state index in [1.807, 2.05) is 41.3 Å². The van der Waals surface area contributed by atoms with Gasteiger partial charge in [-0.2, -0.15) is 0 Å². The maximum atomic E-state index is 12.3. The molecular formula is C24H28N2O4. The van der Waals surface area contributed by atoms with Crippen LogP contribution in [0.15, 0.2) is 48.5 Å². The molecule has 1 fully saturated rings. The average Bonchev–Trinajstić information content (AvgIpc) is 3.16. The normalized spacial score (nSPS) is 14.5. The Kier molecular flexibility index (Phi) is 7.22. The van der Waals surface area contributed by atoms with Crippen molar-refractivity contribution in [3.8, 4) is 0 Å². The lowest BCUT2D eigenvalue weighted by atomic mass is 9.97. The number of benzene rings is 2. The molecule has 0 bridgehead atoms.